The van der Waals surface area contributed by atoms with Crippen LogP contribution in [-0.2, 0) is 0 Å². The molecule has 0 aliphatic carbocycles. The third-order valence-corrected chi connectivity index (χ3v) is 1.05. The molecular formula is C5H4F3NO2. The van der Waals surface area contributed by atoms with Crippen molar-refractivity contribution in [2.75, 3.05) is 0 Å². The van der Waals surface area contributed by atoms with Gasteiger partial charge in [0.1, 0.15) is 12.0 Å². The number of hydrogen-bond acceptors (Lipinski definition) is 3. The van der Waals surface area contributed by atoms with Gasteiger partial charge in [0.25, 0.3) is 0 Å². The Morgan fingerprint density at radius 2 is 2.18 bits per heavy atom. The second-order valence-corrected chi connectivity index (χ2v) is 1.87. The molecular weight excluding hydrogens is 163 g/mol. The van der Waals surface area contributed by atoms with E-state index < -0.39 is 18.0 Å². The minimum Gasteiger partial charge on any atom is -0.378 e. The Labute approximate surface area is 59.4 Å². The lowest BCUT2D eigenvalue weighted by atomic mass is 10.2. The van der Waals surface area contributed by atoms with Gasteiger partial charge in [-0.15, -0.1) is 0 Å². The van der Waals surface area contributed by atoms with Gasteiger partial charge in [0.2, 0.25) is 0 Å². The Kier molecular flexibility index (Phi) is 1.86. The van der Waals surface area contributed by atoms with Crippen LogP contribution in [0.15, 0.2) is 16.9 Å². The van der Waals surface area contributed by atoms with Crippen LogP contribution in [-0.4, -0.2) is 16.4 Å². The Morgan fingerprint density at radius 1 is 1.55 bits per heavy atom. The maximum Gasteiger partial charge on any atom is 0.420 e. The van der Waals surface area contributed by atoms with Gasteiger partial charge in [0.15, 0.2) is 6.10 Å². The van der Waals surface area contributed by atoms with E-state index in [4.69, 9.17) is 5.11 Å². The fourth-order valence-electron chi connectivity index (χ4n) is 0.531. The van der Waals surface area contributed by atoms with Crippen LogP contribution in [0.2, 0.25) is 0 Å². The summed E-state index contributed by atoms with van der Waals surface area (Å²) >= 11 is 0. The van der Waals surface area contributed by atoms with E-state index in [9.17, 15) is 13.2 Å². The zero-order valence-corrected chi connectivity index (χ0v) is 5.17. The van der Waals surface area contributed by atoms with Crippen molar-refractivity contribution in [1.82, 2.24) is 5.16 Å². The van der Waals surface area contributed by atoms with Crippen LogP contribution in [0.4, 0.5) is 13.2 Å². The topological polar surface area (TPSA) is 46.3 Å². The molecule has 0 fully saturated rings. The standard InChI is InChI=1S/C5H4F3NO2/c6-5(7,8)4(10)3-1-2-11-9-3/h1-2,4,10H/t4-/m0/s1. The van der Waals surface area contributed by atoms with E-state index in [1.165, 1.54) is 0 Å². The first-order valence-electron chi connectivity index (χ1n) is 2.67. The maximum atomic E-state index is 11.7. The summed E-state index contributed by atoms with van der Waals surface area (Å²) in [5.41, 5.74) is -0.530. The number of nitrogens with zero attached hydrogens (tertiary/aromatic N) is 1. The fourth-order valence-corrected chi connectivity index (χ4v) is 0.531. The molecule has 0 unspecified atom stereocenters. The minimum absolute atomic E-state index is 0.530. The van der Waals surface area contributed by atoms with Gasteiger partial charge < -0.3 is 9.63 Å². The van der Waals surface area contributed by atoms with Crippen molar-refractivity contribution >= 4 is 0 Å². The average molecular weight is 167 g/mol. The fraction of sp³-hybridized carbons (Fsp3) is 0.400. The molecule has 1 heterocycles. The summed E-state index contributed by atoms with van der Waals surface area (Å²) in [7, 11) is 0. The van der Waals surface area contributed by atoms with Crippen molar-refractivity contribution in [3.8, 4) is 0 Å². The van der Waals surface area contributed by atoms with Crippen LogP contribution < -0.4 is 0 Å². The molecule has 1 atom stereocenters. The molecule has 0 spiro atoms. The number of alkyl halides is 3. The number of hydrogen-bond donors (Lipinski definition) is 1. The third-order valence-electron chi connectivity index (χ3n) is 1.05. The van der Waals surface area contributed by atoms with Gasteiger partial charge in [-0.2, -0.15) is 13.2 Å². The molecule has 11 heavy (non-hydrogen) atoms. The summed E-state index contributed by atoms with van der Waals surface area (Å²) in [6, 6.07) is 0.957. The number of aromatic nitrogens is 1. The summed E-state index contributed by atoms with van der Waals surface area (Å²) < 4.78 is 39.2. The van der Waals surface area contributed by atoms with Crippen LogP contribution in [0.25, 0.3) is 0 Å². The van der Waals surface area contributed by atoms with Gasteiger partial charge in [0.05, 0.1) is 0 Å². The molecule has 0 bridgehead atoms. The first-order valence-corrected chi connectivity index (χ1v) is 2.67. The number of aliphatic hydroxyl groups excluding tert-OH is 1. The predicted octanol–water partition coefficient (Wildman–Crippen LogP) is 1.27. The van der Waals surface area contributed by atoms with Crippen LogP contribution >= 0.6 is 0 Å². The van der Waals surface area contributed by atoms with Gasteiger partial charge in [-0.3, -0.25) is 0 Å². The Hall–Kier alpha value is -1.04. The molecule has 6 heteroatoms. The third kappa shape index (κ3) is 1.70. The summed E-state index contributed by atoms with van der Waals surface area (Å²) in [6.07, 6.45) is -6.28. The first kappa shape index (κ1) is 8.06. The molecule has 0 saturated heterocycles. The van der Waals surface area contributed by atoms with E-state index in [1.54, 1.807) is 0 Å². The average Bonchev–Trinajstić information content (AvgIpc) is 2.34. The second kappa shape index (κ2) is 2.54. The summed E-state index contributed by atoms with van der Waals surface area (Å²) in [6.45, 7) is 0. The lowest BCUT2D eigenvalue weighted by Crippen LogP contribution is -2.20. The van der Waals surface area contributed by atoms with Gasteiger partial charge in [-0.25, -0.2) is 0 Å². The van der Waals surface area contributed by atoms with Crippen LogP contribution in [0, 0.1) is 0 Å². The second-order valence-electron chi connectivity index (χ2n) is 1.87. The Bertz CT molecular complexity index is 218. The highest BCUT2D eigenvalue weighted by Crippen LogP contribution is 2.30. The monoisotopic (exact) mass is 167 g/mol. The van der Waals surface area contributed by atoms with Crippen molar-refractivity contribution in [3.05, 3.63) is 18.0 Å². The lowest BCUT2D eigenvalue weighted by molar-refractivity contribution is -0.208. The van der Waals surface area contributed by atoms with Crippen molar-refractivity contribution in [2.45, 2.75) is 12.3 Å². The first-order chi connectivity index (χ1) is 5.02. The van der Waals surface area contributed by atoms with Crippen molar-refractivity contribution in [1.29, 1.82) is 0 Å². The van der Waals surface area contributed by atoms with Crippen LogP contribution in [0.5, 0.6) is 0 Å². The van der Waals surface area contributed by atoms with Gasteiger partial charge in [0, 0.05) is 6.07 Å². The highest BCUT2D eigenvalue weighted by Gasteiger charge is 2.40. The molecule has 0 aliphatic heterocycles. The Balaban J connectivity index is 2.78. The van der Waals surface area contributed by atoms with Gasteiger partial charge in [-0.1, -0.05) is 5.16 Å². The molecule has 0 saturated carbocycles. The van der Waals surface area contributed by atoms with E-state index in [1.807, 2.05) is 0 Å². The van der Waals surface area contributed by atoms with Crippen LogP contribution in [0.1, 0.15) is 11.8 Å². The Morgan fingerprint density at radius 3 is 2.55 bits per heavy atom. The smallest absolute Gasteiger partial charge is 0.378 e. The minimum atomic E-state index is -4.68. The molecule has 0 amide bonds. The maximum absolute atomic E-state index is 11.7. The normalized spacial score (nSPS) is 14.9. The zero-order valence-electron chi connectivity index (χ0n) is 5.17. The quantitative estimate of drug-likeness (QED) is 0.685. The predicted molar refractivity (Wildman–Crippen MR) is 27.5 cm³/mol. The largest absolute Gasteiger partial charge is 0.420 e. The van der Waals surface area contributed by atoms with Gasteiger partial charge >= 0.3 is 6.18 Å². The summed E-state index contributed by atoms with van der Waals surface area (Å²) in [4.78, 5) is 0. The SMILES string of the molecule is O[C@@H](c1ccon1)C(F)(F)F. The van der Waals surface area contributed by atoms with E-state index >= 15 is 0 Å². The molecule has 0 aromatic carbocycles. The molecule has 1 aromatic rings. The molecule has 1 N–H and O–H groups in total. The van der Waals surface area contributed by atoms with E-state index in [2.05, 4.69) is 9.68 Å². The highest BCUT2D eigenvalue weighted by atomic mass is 19.4. The number of aliphatic hydroxyl groups is 1. The van der Waals surface area contributed by atoms with Crippen molar-refractivity contribution in [2.24, 2.45) is 0 Å². The molecule has 1 rings (SSSR count). The number of rotatable bonds is 1. The van der Waals surface area contributed by atoms with Crippen molar-refractivity contribution in [3.63, 3.8) is 0 Å². The number of halogens is 3. The van der Waals surface area contributed by atoms with E-state index in [0.29, 0.717) is 0 Å². The van der Waals surface area contributed by atoms with Gasteiger partial charge in [-0.05, 0) is 0 Å². The molecule has 3 nitrogen and oxygen atoms in total. The highest BCUT2D eigenvalue weighted by molar-refractivity contribution is 5.01. The molecule has 62 valence electrons. The zero-order chi connectivity index (χ0) is 8.48. The van der Waals surface area contributed by atoms with Crippen molar-refractivity contribution < 1.29 is 22.8 Å². The van der Waals surface area contributed by atoms with E-state index in [-0.39, 0.29) is 0 Å². The molecule has 0 radical (unpaired) electrons. The summed E-state index contributed by atoms with van der Waals surface area (Å²) in [5, 5.41) is 11.4. The van der Waals surface area contributed by atoms with E-state index in [0.717, 1.165) is 12.3 Å². The van der Waals surface area contributed by atoms with Crippen LogP contribution in [0.3, 0.4) is 0 Å². The molecule has 1 aromatic heterocycles. The summed E-state index contributed by atoms with van der Waals surface area (Å²) in [5.74, 6) is 0. The lowest BCUT2D eigenvalue weighted by Gasteiger charge is -2.10. The molecule has 0 aliphatic rings.